The molecule has 0 radical (unpaired) electrons. The molecule has 1 aromatic carbocycles. The van der Waals surface area contributed by atoms with Crippen molar-refractivity contribution < 1.29 is 9.53 Å². The number of esters is 1. The Labute approximate surface area is 123 Å². The van der Waals surface area contributed by atoms with Gasteiger partial charge < -0.3 is 9.64 Å². The molecule has 0 unspecified atom stereocenters. The number of rotatable bonds is 2. The molecule has 0 N–H and O–H groups in total. The Morgan fingerprint density at radius 3 is 2.95 bits per heavy atom. The maximum Gasteiger partial charge on any atom is 0.358 e. The molecule has 108 valence electrons. The van der Waals surface area contributed by atoms with Crippen molar-refractivity contribution in [3.63, 3.8) is 0 Å². The molecule has 2 heterocycles. The summed E-state index contributed by atoms with van der Waals surface area (Å²) >= 11 is 0. The summed E-state index contributed by atoms with van der Waals surface area (Å²) in [4.78, 5) is 22.3. The Morgan fingerprint density at radius 2 is 2.10 bits per heavy atom. The van der Waals surface area contributed by atoms with Crippen molar-refractivity contribution in [2.75, 3.05) is 18.6 Å². The van der Waals surface area contributed by atoms with E-state index in [0.29, 0.717) is 5.82 Å². The Kier molecular flexibility index (Phi) is 3.81. The number of methoxy groups -OCH3 is 1. The minimum atomic E-state index is -0.465. The molecule has 0 fully saturated rings. The van der Waals surface area contributed by atoms with E-state index >= 15 is 0 Å². The first-order valence-electron chi connectivity index (χ1n) is 7.05. The van der Waals surface area contributed by atoms with Crippen LogP contribution in [0.2, 0.25) is 0 Å². The molecule has 0 saturated heterocycles. The molecular weight excluding hydrogens is 266 g/mol. The number of para-hydroxylation sites is 1. The third-order valence-corrected chi connectivity index (χ3v) is 3.65. The predicted molar refractivity (Wildman–Crippen MR) is 79.8 cm³/mol. The number of hydrogen-bond donors (Lipinski definition) is 0. The molecule has 1 aliphatic heterocycles. The number of aromatic nitrogens is 2. The van der Waals surface area contributed by atoms with Crippen LogP contribution < -0.4 is 4.90 Å². The minimum absolute atomic E-state index is 0.233. The first-order chi connectivity index (χ1) is 10.3. The number of fused-ring (bicyclic) bond motifs is 1. The van der Waals surface area contributed by atoms with Crippen molar-refractivity contribution >= 4 is 17.5 Å². The number of ether oxygens (including phenoxy) is 1. The number of anilines is 2. The fourth-order valence-corrected chi connectivity index (χ4v) is 2.62. The summed E-state index contributed by atoms with van der Waals surface area (Å²) in [5.41, 5.74) is 2.68. The van der Waals surface area contributed by atoms with Crippen LogP contribution in [0.1, 0.15) is 28.9 Å². The van der Waals surface area contributed by atoms with Crippen LogP contribution in [0.5, 0.6) is 0 Å². The highest BCUT2D eigenvalue weighted by molar-refractivity contribution is 5.87. The van der Waals surface area contributed by atoms with Crippen molar-refractivity contribution in [1.82, 2.24) is 9.97 Å². The fourth-order valence-electron chi connectivity index (χ4n) is 2.62. The lowest BCUT2D eigenvalue weighted by Crippen LogP contribution is -2.20. The molecule has 2 aromatic rings. The Bertz CT molecular complexity index is 657. The van der Waals surface area contributed by atoms with E-state index < -0.39 is 5.97 Å². The molecule has 0 spiro atoms. The standard InChI is InChI=1S/C16H17N3O2/c1-21-16(20)13-10-17-11-15(18-13)19-9-5-4-7-12-6-2-3-8-14(12)19/h2-3,6,8,10-11H,4-5,7,9H2,1H3. The first-order valence-corrected chi connectivity index (χ1v) is 7.05. The van der Waals surface area contributed by atoms with Crippen molar-refractivity contribution in [2.24, 2.45) is 0 Å². The maximum absolute atomic E-state index is 11.6. The molecule has 21 heavy (non-hydrogen) atoms. The minimum Gasteiger partial charge on any atom is -0.464 e. The SMILES string of the molecule is COC(=O)c1cncc(N2CCCCc3ccccc32)n1. The summed E-state index contributed by atoms with van der Waals surface area (Å²) in [5, 5.41) is 0. The van der Waals surface area contributed by atoms with Crippen LogP contribution in [-0.2, 0) is 11.2 Å². The Balaban J connectivity index is 2.02. The van der Waals surface area contributed by atoms with Gasteiger partial charge >= 0.3 is 5.97 Å². The van der Waals surface area contributed by atoms with Crippen molar-refractivity contribution in [1.29, 1.82) is 0 Å². The second kappa shape index (κ2) is 5.91. The van der Waals surface area contributed by atoms with Gasteiger partial charge in [-0.25, -0.2) is 9.78 Å². The average Bonchev–Trinajstić information content (AvgIpc) is 2.76. The van der Waals surface area contributed by atoms with Gasteiger partial charge in [0.1, 0.15) is 0 Å². The van der Waals surface area contributed by atoms with Gasteiger partial charge in [0.15, 0.2) is 11.5 Å². The lowest BCUT2D eigenvalue weighted by molar-refractivity contribution is 0.0593. The molecule has 1 aliphatic rings. The van der Waals surface area contributed by atoms with Crippen LogP contribution in [-0.4, -0.2) is 29.6 Å². The van der Waals surface area contributed by atoms with Crippen LogP contribution in [0.4, 0.5) is 11.5 Å². The fraction of sp³-hybridized carbons (Fsp3) is 0.312. The van der Waals surface area contributed by atoms with E-state index in [4.69, 9.17) is 4.74 Å². The van der Waals surface area contributed by atoms with Gasteiger partial charge in [0, 0.05) is 12.2 Å². The molecule has 1 aromatic heterocycles. The van der Waals surface area contributed by atoms with Gasteiger partial charge in [-0.3, -0.25) is 4.98 Å². The van der Waals surface area contributed by atoms with E-state index in [0.717, 1.165) is 31.5 Å². The van der Waals surface area contributed by atoms with E-state index in [1.807, 2.05) is 6.07 Å². The molecule has 0 atom stereocenters. The topological polar surface area (TPSA) is 55.3 Å². The molecule has 3 rings (SSSR count). The van der Waals surface area contributed by atoms with Crippen molar-refractivity contribution in [2.45, 2.75) is 19.3 Å². The highest BCUT2D eigenvalue weighted by Gasteiger charge is 2.19. The number of nitrogens with zero attached hydrogens (tertiary/aromatic N) is 3. The lowest BCUT2D eigenvalue weighted by Gasteiger charge is -2.23. The molecule has 0 bridgehead atoms. The zero-order valence-electron chi connectivity index (χ0n) is 12.0. The van der Waals surface area contributed by atoms with E-state index in [9.17, 15) is 4.79 Å². The number of hydrogen-bond acceptors (Lipinski definition) is 5. The molecule has 0 amide bonds. The predicted octanol–water partition coefficient (Wildman–Crippen LogP) is 2.74. The van der Waals surface area contributed by atoms with Crippen LogP contribution in [0, 0.1) is 0 Å². The first kappa shape index (κ1) is 13.5. The molecule has 0 aliphatic carbocycles. The monoisotopic (exact) mass is 283 g/mol. The summed E-state index contributed by atoms with van der Waals surface area (Å²) < 4.78 is 4.71. The van der Waals surface area contributed by atoms with E-state index in [2.05, 4.69) is 33.1 Å². The van der Waals surface area contributed by atoms with Gasteiger partial charge in [-0.1, -0.05) is 18.2 Å². The zero-order chi connectivity index (χ0) is 14.7. The van der Waals surface area contributed by atoms with Gasteiger partial charge in [0.25, 0.3) is 0 Å². The zero-order valence-corrected chi connectivity index (χ0v) is 12.0. The third-order valence-electron chi connectivity index (χ3n) is 3.65. The molecule has 0 saturated carbocycles. The van der Waals surface area contributed by atoms with Crippen molar-refractivity contribution in [3.05, 3.63) is 47.9 Å². The summed E-state index contributed by atoms with van der Waals surface area (Å²) in [6.07, 6.45) is 6.42. The van der Waals surface area contributed by atoms with Crippen LogP contribution in [0.3, 0.4) is 0 Å². The summed E-state index contributed by atoms with van der Waals surface area (Å²) in [7, 11) is 1.35. The molecule has 5 nitrogen and oxygen atoms in total. The van der Waals surface area contributed by atoms with Crippen LogP contribution in [0.15, 0.2) is 36.7 Å². The number of carbonyl (C=O) groups excluding carboxylic acids is 1. The maximum atomic E-state index is 11.6. The largest absolute Gasteiger partial charge is 0.464 e. The summed E-state index contributed by atoms with van der Waals surface area (Å²) in [6, 6.07) is 8.31. The highest BCUT2D eigenvalue weighted by atomic mass is 16.5. The van der Waals surface area contributed by atoms with Gasteiger partial charge in [-0.05, 0) is 30.9 Å². The van der Waals surface area contributed by atoms with Gasteiger partial charge in [-0.2, -0.15) is 0 Å². The molecular formula is C16H17N3O2. The third kappa shape index (κ3) is 2.72. The van der Waals surface area contributed by atoms with Gasteiger partial charge in [0.05, 0.1) is 19.5 Å². The normalized spacial score (nSPS) is 14.2. The quantitative estimate of drug-likeness (QED) is 0.793. The molecule has 5 heteroatoms. The smallest absolute Gasteiger partial charge is 0.358 e. The van der Waals surface area contributed by atoms with E-state index in [1.54, 1.807) is 6.20 Å². The summed E-state index contributed by atoms with van der Waals surface area (Å²) in [5.74, 6) is 0.222. The second-order valence-electron chi connectivity index (χ2n) is 4.99. The Hall–Kier alpha value is -2.43. The average molecular weight is 283 g/mol. The van der Waals surface area contributed by atoms with Crippen molar-refractivity contribution in [3.8, 4) is 0 Å². The lowest BCUT2D eigenvalue weighted by atomic mass is 10.1. The number of carbonyl (C=O) groups is 1. The highest BCUT2D eigenvalue weighted by Crippen LogP contribution is 2.31. The van der Waals surface area contributed by atoms with E-state index in [-0.39, 0.29) is 5.69 Å². The van der Waals surface area contributed by atoms with Crippen LogP contribution >= 0.6 is 0 Å². The summed E-state index contributed by atoms with van der Waals surface area (Å²) in [6.45, 7) is 0.871. The van der Waals surface area contributed by atoms with Gasteiger partial charge in [-0.15, -0.1) is 0 Å². The Morgan fingerprint density at radius 1 is 1.24 bits per heavy atom. The van der Waals surface area contributed by atoms with Crippen LogP contribution in [0.25, 0.3) is 0 Å². The van der Waals surface area contributed by atoms with Gasteiger partial charge in [0.2, 0.25) is 0 Å². The van der Waals surface area contributed by atoms with E-state index in [1.165, 1.54) is 18.9 Å². The number of benzene rings is 1. The number of aryl methyl sites for hydroxylation is 1. The second-order valence-corrected chi connectivity index (χ2v) is 4.99.